The van der Waals surface area contributed by atoms with Crippen LogP contribution in [0.1, 0.15) is 210 Å². The topological polar surface area (TPSA) is 44.8 Å². The van der Waals surface area contributed by atoms with E-state index in [2.05, 4.69) is 530 Å². The van der Waals surface area contributed by atoms with Crippen LogP contribution in [0.2, 0.25) is 0 Å². The van der Waals surface area contributed by atoms with E-state index in [1.807, 2.05) is 6.07 Å². The lowest BCUT2D eigenvalue weighted by Gasteiger charge is -2.34. The summed E-state index contributed by atoms with van der Waals surface area (Å²) >= 11 is 7.97. The fourth-order valence-electron chi connectivity index (χ4n) is 22.5. The minimum atomic E-state index is -0.742. The number of halogens is 2. The molecule has 0 bridgehead atoms. The van der Waals surface area contributed by atoms with Gasteiger partial charge in [0.1, 0.15) is 22.3 Å². The van der Waals surface area contributed by atoms with E-state index >= 15 is 0 Å². The number of benzene rings is 18. The van der Waals surface area contributed by atoms with Gasteiger partial charge in [-0.1, -0.05) is 419 Å². The SMILES string of the molecule is Brc1cc2c(c3ccccc13)-c1c(cc(Br)c3c1oc1ccccc13)C21c2ccccc2-c2ccccc21.C.CC(C)(C)c1ccc(N(c2ccc(C(C)(C)C)cc2)c2cc3c(c4ccccc24)-c2c(cc(N(c4ccc(C(C)(C)C)cc4)c4ccc(C(C)(C)C)cc4)c4c2oc2ccccc24)C32c3ccccc3-c3ccccc32)cc1.CC(C)(C)c1ccc(Nc2ccc(C(C)(C)C)cc2)cc1. The lowest BCUT2D eigenvalue weighted by Crippen LogP contribution is -2.26. The molecule has 0 aliphatic heterocycles. The van der Waals surface area contributed by atoms with E-state index in [-0.39, 0.29) is 39.9 Å². The molecule has 20 aromatic rings. The standard InChI is InChI=1S/C75H70N2O.C35H18Br2O.C20H27N.CH4/c1-71(2,3)47-29-37-51(38-30-47)76(52-39-31-48(32-40-52)72(4,5)6)64-45-62-67(58-24-14-13-23-57(58)64)69-63(75(62)60-26-18-15-21-55(60)56-22-16-19-27-61(56)75)46-65(68-59-25-17-20-28-66(59)78-70(68)69)77(53-41-33-49(34-42-53)73(7,8)9)54-43-35-50(36-44-54)74(10,11)12;36-28-17-26-31(22-12-2-1-11-21(22)28)33-27(18-29(37)32-23-13-5-8-16-30(23)38-34(32)33)35(26)24-14-6-3-9-19(24)20-10-4-7-15-25(20)35;1-19(2,3)15-7-11-17(12-8-15)21-18-13-9-16(10-14-18)20(4,5)6;/h13-46H,1-12H3;1-18H;7-14,21H,1-6H3;1H4. The van der Waals surface area contributed by atoms with Gasteiger partial charge in [-0.2, -0.15) is 0 Å². The van der Waals surface area contributed by atoms with Crippen molar-refractivity contribution in [2.45, 2.75) is 175 Å². The normalized spacial score (nSPS) is 13.6. The zero-order chi connectivity index (χ0) is 95.1. The van der Waals surface area contributed by atoms with Crippen LogP contribution in [0.5, 0.6) is 0 Å². The number of anilines is 8. The second kappa shape index (κ2) is 33.4. The fourth-order valence-corrected chi connectivity index (χ4v) is 23.7. The average Bonchev–Trinajstić information content (AvgIpc) is 1.47. The van der Waals surface area contributed by atoms with Gasteiger partial charge in [-0.15, -0.1) is 0 Å². The van der Waals surface area contributed by atoms with Gasteiger partial charge in [-0.25, -0.2) is 0 Å². The molecule has 2 heterocycles. The lowest BCUT2D eigenvalue weighted by molar-refractivity contribution is 0.590. The third kappa shape index (κ3) is 14.7. The van der Waals surface area contributed by atoms with Crippen molar-refractivity contribution in [3.05, 3.63) is 451 Å². The second-order valence-electron chi connectivity index (χ2n) is 44.2. The summed E-state index contributed by atoms with van der Waals surface area (Å²) in [6, 6.07) is 135. The molecule has 0 atom stereocenters. The number of hydrogen-bond donors (Lipinski definition) is 1. The van der Waals surface area contributed by atoms with Crippen LogP contribution in [0.4, 0.5) is 45.5 Å². The molecular formula is C131H119Br2N3O2. The van der Waals surface area contributed by atoms with Crippen molar-refractivity contribution in [3.63, 3.8) is 0 Å². The van der Waals surface area contributed by atoms with Crippen molar-refractivity contribution in [1.29, 1.82) is 0 Å². The van der Waals surface area contributed by atoms with Crippen molar-refractivity contribution in [2.24, 2.45) is 0 Å². The van der Waals surface area contributed by atoms with E-state index in [0.29, 0.717) is 0 Å². The molecule has 1 N–H and O–H groups in total. The summed E-state index contributed by atoms with van der Waals surface area (Å²) in [5.74, 6) is 0. The number of para-hydroxylation sites is 2. The number of rotatable bonds is 8. The van der Waals surface area contributed by atoms with Gasteiger partial charge >= 0.3 is 0 Å². The van der Waals surface area contributed by atoms with Crippen molar-refractivity contribution in [2.75, 3.05) is 15.1 Å². The van der Waals surface area contributed by atoms with E-state index < -0.39 is 10.8 Å². The third-order valence-corrected chi connectivity index (χ3v) is 30.8. The molecule has 0 fully saturated rings. The zero-order valence-electron chi connectivity index (χ0n) is 81.6. The van der Waals surface area contributed by atoms with Crippen LogP contribution in [0, 0.1) is 0 Å². The molecule has 0 saturated carbocycles. The molecular weight excluding hydrogens is 1810 g/mol. The van der Waals surface area contributed by atoms with Crippen molar-refractivity contribution in [1.82, 2.24) is 0 Å². The molecule has 684 valence electrons. The molecule has 0 amide bonds. The highest BCUT2D eigenvalue weighted by Crippen LogP contribution is 2.70. The van der Waals surface area contributed by atoms with Gasteiger partial charge in [0.15, 0.2) is 0 Å². The summed E-state index contributed by atoms with van der Waals surface area (Å²) in [4.78, 5) is 5.01. The molecule has 24 rings (SSSR count). The van der Waals surface area contributed by atoms with Gasteiger partial charge in [0.2, 0.25) is 0 Å². The molecule has 18 aromatic carbocycles. The number of nitrogens with one attached hydrogen (secondary N) is 1. The highest BCUT2D eigenvalue weighted by Gasteiger charge is 2.56. The van der Waals surface area contributed by atoms with E-state index in [1.165, 1.54) is 138 Å². The Bertz CT molecular complexity index is 7950. The molecule has 4 aliphatic carbocycles. The van der Waals surface area contributed by atoms with Crippen molar-refractivity contribution in [3.8, 4) is 44.5 Å². The van der Waals surface area contributed by atoms with Gasteiger partial charge < -0.3 is 24.0 Å². The first kappa shape index (κ1) is 90.9. The van der Waals surface area contributed by atoms with Gasteiger partial charge in [0.25, 0.3) is 0 Å². The Hall–Kier alpha value is -13.6. The molecule has 138 heavy (non-hydrogen) atoms. The van der Waals surface area contributed by atoms with Gasteiger partial charge in [0.05, 0.1) is 27.6 Å². The Balaban J connectivity index is 0.000000154. The predicted molar refractivity (Wildman–Crippen MR) is 595 cm³/mol. The molecule has 0 saturated heterocycles. The molecule has 4 aliphatic rings. The number of nitrogens with zero attached hydrogens (tertiary/aromatic N) is 2. The van der Waals surface area contributed by atoms with Crippen molar-refractivity contribution >= 4 is 143 Å². The minimum Gasteiger partial charge on any atom is -0.455 e. The van der Waals surface area contributed by atoms with Crippen LogP contribution < -0.4 is 15.1 Å². The Morgan fingerprint density at radius 3 is 0.848 bits per heavy atom. The second-order valence-corrected chi connectivity index (χ2v) is 45.9. The fraction of sp³-hybridized carbons (Fsp3) is 0.206. The van der Waals surface area contributed by atoms with Crippen molar-refractivity contribution < 1.29 is 8.83 Å². The van der Waals surface area contributed by atoms with Crippen LogP contribution >= 0.6 is 31.9 Å². The molecule has 5 nitrogen and oxygen atoms in total. The van der Waals surface area contributed by atoms with E-state index in [1.54, 1.807) is 0 Å². The number of hydrogen-bond acceptors (Lipinski definition) is 5. The monoisotopic (exact) mass is 1920 g/mol. The smallest absolute Gasteiger partial charge is 0.145 e. The Morgan fingerprint density at radius 2 is 0.486 bits per heavy atom. The first-order valence-electron chi connectivity index (χ1n) is 48.4. The summed E-state index contributed by atoms with van der Waals surface area (Å²) in [6.45, 7) is 40.9. The highest BCUT2D eigenvalue weighted by atomic mass is 79.9. The summed E-state index contributed by atoms with van der Waals surface area (Å²) in [5, 5.41) is 12.7. The quantitative estimate of drug-likeness (QED) is 0.164. The minimum absolute atomic E-state index is 0. The van der Waals surface area contributed by atoms with Gasteiger partial charge in [-0.05, 0) is 269 Å². The van der Waals surface area contributed by atoms with Gasteiger partial charge in [-0.3, -0.25) is 0 Å². The molecule has 2 aromatic heterocycles. The number of furan rings is 2. The van der Waals surface area contributed by atoms with Gasteiger partial charge in [0, 0.05) is 75.7 Å². The van der Waals surface area contributed by atoms with E-state index in [9.17, 15) is 0 Å². The average molecular weight is 1930 g/mol. The predicted octanol–water partition coefficient (Wildman–Crippen LogP) is 38.5. The maximum Gasteiger partial charge on any atom is 0.145 e. The molecule has 0 unspecified atom stereocenters. The Labute approximate surface area is 831 Å². The summed E-state index contributed by atoms with van der Waals surface area (Å²) in [6.07, 6.45) is 0. The summed E-state index contributed by atoms with van der Waals surface area (Å²) in [5.41, 5.74) is 39.8. The first-order valence-corrected chi connectivity index (χ1v) is 50.0. The van der Waals surface area contributed by atoms with E-state index in [4.69, 9.17) is 8.83 Å². The molecule has 0 radical (unpaired) electrons. The largest absolute Gasteiger partial charge is 0.455 e. The van der Waals surface area contributed by atoms with Crippen LogP contribution in [-0.2, 0) is 43.3 Å². The lowest BCUT2D eigenvalue weighted by atomic mass is 9.70. The molecule has 2 spiro atoms. The van der Waals surface area contributed by atoms with Crippen LogP contribution in [0.25, 0.3) is 110 Å². The third-order valence-electron chi connectivity index (χ3n) is 29.5. The zero-order valence-corrected chi connectivity index (χ0v) is 84.8. The van der Waals surface area contributed by atoms with E-state index in [0.717, 1.165) is 104 Å². The van der Waals surface area contributed by atoms with Crippen LogP contribution in [0.3, 0.4) is 0 Å². The molecule has 7 heteroatoms. The summed E-state index contributed by atoms with van der Waals surface area (Å²) in [7, 11) is 0. The van der Waals surface area contributed by atoms with Crippen LogP contribution in [-0.4, -0.2) is 0 Å². The maximum absolute atomic E-state index is 7.53. The first-order chi connectivity index (χ1) is 65.6. The Kier molecular flexibility index (Phi) is 22.0. The highest BCUT2D eigenvalue weighted by molar-refractivity contribution is 9.11. The summed E-state index contributed by atoms with van der Waals surface area (Å²) < 4.78 is 16.5. The maximum atomic E-state index is 7.53. The Morgan fingerprint density at radius 1 is 0.232 bits per heavy atom. The van der Waals surface area contributed by atoms with Crippen LogP contribution in [0.15, 0.2) is 382 Å². The number of fused-ring (bicyclic) bond motifs is 32.